The molecule has 0 aliphatic heterocycles. The number of rotatable bonds is 7. The maximum atomic E-state index is 11.4. The maximum Gasteiger partial charge on any atom is 0.220 e. The third-order valence-electron chi connectivity index (χ3n) is 2.02. The lowest BCUT2D eigenvalue weighted by Gasteiger charge is -2.25. The number of nitrogens with one attached hydrogen (secondary N) is 2. The summed E-state index contributed by atoms with van der Waals surface area (Å²) in [5.74, 6) is -0.120. The smallest absolute Gasteiger partial charge is 0.220 e. The molecule has 0 radical (unpaired) electrons. The molecule has 102 valence electrons. The van der Waals surface area contributed by atoms with E-state index in [1.54, 1.807) is 13.8 Å². The number of carbonyl (C=O) groups excluding carboxylic acids is 1. The Bertz CT molecular complexity index is 350. The van der Waals surface area contributed by atoms with Crippen molar-refractivity contribution in [3.05, 3.63) is 0 Å². The van der Waals surface area contributed by atoms with Crippen LogP contribution < -0.4 is 15.8 Å². The predicted molar refractivity (Wildman–Crippen MR) is 68.0 cm³/mol. The Morgan fingerprint density at radius 1 is 1.41 bits per heavy atom. The van der Waals surface area contributed by atoms with Crippen molar-refractivity contribution in [3.63, 3.8) is 0 Å². The van der Waals surface area contributed by atoms with E-state index in [0.717, 1.165) is 6.26 Å². The molecular weight excluding hydrogens is 242 g/mol. The van der Waals surface area contributed by atoms with Gasteiger partial charge >= 0.3 is 0 Å². The molecule has 1 atom stereocenters. The van der Waals surface area contributed by atoms with Gasteiger partial charge in [0.25, 0.3) is 0 Å². The fourth-order valence-corrected chi connectivity index (χ4v) is 2.38. The second kappa shape index (κ2) is 6.32. The fourth-order valence-electron chi connectivity index (χ4n) is 1.30. The summed E-state index contributed by atoms with van der Waals surface area (Å²) >= 11 is 0. The lowest BCUT2D eigenvalue weighted by Crippen LogP contribution is -2.51. The van der Waals surface area contributed by atoms with Crippen LogP contribution in [0, 0.1) is 0 Å². The van der Waals surface area contributed by atoms with Crippen LogP contribution in [0.5, 0.6) is 0 Å². The van der Waals surface area contributed by atoms with Crippen LogP contribution in [-0.2, 0) is 14.8 Å². The molecule has 0 aromatic heterocycles. The number of hydrogen-bond acceptors (Lipinski definition) is 4. The van der Waals surface area contributed by atoms with Gasteiger partial charge in [0.2, 0.25) is 15.9 Å². The minimum atomic E-state index is -3.28. The summed E-state index contributed by atoms with van der Waals surface area (Å²) < 4.78 is 24.6. The predicted octanol–water partition coefficient (Wildman–Crippen LogP) is -0.442. The molecule has 4 N–H and O–H groups in total. The Morgan fingerprint density at radius 2 is 1.94 bits per heavy atom. The first-order valence-corrected chi connectivity index (χ1v) is 7.42. The first-order chi connectivity index (χ1) is 7.52. The summed E-state index contributed by atoms with van der Waals surface area (Å²) in [5.41, 5.74) is 4.84. The van der Waals surface area contributed by atoms with Crippen LogP contribution in [0.3, 0.4) is 0 Å². The Labute approximate surface area is 103 Å². The fraction of sp³-hybridized carbons (Fsp3) is 0.900. The van der Waals surface area contributed by atoms with E-state index in [-0.39, 0.29) is 18.5 Å². The number of hydrogen-bond donors (Lipinski definition) is 3. The Kier molecular flexibility index (Phi) is 6.08. The molecule has 0 aliphatic carbocycles. The summed E-state index contributed by atoms with van der Waals surface area (Å²) in [6.07, 6.45) is 2.06. The zero-order valence-corrected chi connectivity index (χ0v) is 11.7. The van der Waals surface area contributed by atoms with Gasteiger partial charge in [0.05, 0.1) is 6.26 Å². The highest BCUT2D eigenvalue weighted by Gasteiger charge is 2.22. The summed E-state index contributed by atoms with van der Waals surface area (Å²) in [5, 5.41) is 2.68. The molecule has 0 aromatic carbocycles. The van der Waals surface area contributed by atoms with Crippen molar-refractivity contribution in [2.24, 2.45) is 5.73 Å². The van der Waals surface area contributed by atoms with Crippen molar-refractivity contribution in [2.45, 2.75) is 45.2 Å². The topological polar surface area (TPSA) is 101 Å². The molecule has 1 amide bonds. The minimum absolute atomic E-state index is 0.0112. The molecule has 0 saturated heterocycles. The molecule has 0 aromatic rings. The highest BCUT2D eigenvalue weighted by atomic mass is 32.2. The van der Waals surface area contributed by atoms with Gasteiger partial charge in [0.15, 0.2) is 0 Å². The average Bonchev–Trinajstić information content (AvgIpc) is 2.07. The van der Waals surface area contributed by atoms with E-state index in [2.05, 4.69) is 10.0 Å². The van der Waals surface area contributed by atoms with Gasteiger partial charge in [-0.3, -0.25) is 4.79 Å². The van der Waals surface area contributed by atoms with Crippen LogP contribution in [0.2, 0.25) is 0 Å². The number of carbonyl (C=O) groups is 1. The molecule has 6 nitrogen and oxygen atoms in total. The van der Waals surface area contributed by atoms with Crippen molar-refractivity contribution >= 4 is 15.9 Å². The Hall–Kier alpha value is -0.660. The largest absolute Gasteiger partial charge is 0.354 e. The summed E-state index contributed by atoms with van der Waals surface area (Å²) in [6, 6.07) is -0.0112. The zero-order chi connectivity index (χ0) is 13.7. The van der Waals surface area contributed by atoms with Gasteiger partial charge in [-0.05, 0) is 27.2 Å². The van der Waals surface area contributed by atoms with E-state index in [1.165, 1.54) is 0 Å². The van der Waals surface area contributed by atoms with Gasteiger partial charge in [-0.2, -0.15) is 0 Å². The van der Waals surface area contributed by atoms with Gasteiger partial charge in [-0.15, -0.1) is 0 Å². The first-order valence-electron chi connectivity index (χ1n) is 5.53. The van der Waals surface area contributed by atoms with E-state index in [1.807, 2.05) is 6.92 Å². The van der Waals surface area contributed by atoms with Crippen LogP contribution >= 0.6 is 0 Å². The van der Waals surface area contributed by atoms with Crippen molar-refractivity contribution in [2.75, 3.05) is 12.8 Å². The first kappa shape index (κ1) is 16.3. The second-order valence-electron chi connectivity index (χ2n) is 5.05. The maximum absolute atomic E-state index is 11.4. The molecule has 7 heteroatoms. The molecule has 1 unspecified atom stereocenters. The van der Waals surface area contributed by atoms with Gasteiger partial charge in [0, 0.05) is 24.5 Å². The third-order valence-corrected chi connectivity index (χ3v) is 2.94. The Balaban J connectivity index is 4.05. The minimum Gasteiger partial charge on any atom is -0.354 e. The zero-order valence-electron chi connectivity index (χ0n) is 10.9. The van der Waals surface area contributed by atoms with Crippen LogP contribution in [0.25, 0.3) is 0 Å². The average molecular weight is 265 g/mol. The lowest BCUT2D eigenvalue weighted by molar-refractivity contribution is -0.121. The Morgan fingerprint density at radius 3 is 2.35 bits per heavy atom. The standard InChI is InChI=1S/C10H23N3O3S/c1-8(11)5-6-9(14)12-7-10(2,3)13-17(4,15)16/h8,13H,5-7,11H2,1-4H3,(H,12,14). The van der Waals surface area contributed by atoms with Crippen LogP contribution in [0.15, 0.2) is 0 Å². The molecule has 17 heavy (non-hydrogen) atoms. The van der Waals surface area contributed by atoms with Crippen molar-refractivity contribution < 1.29 is 13.2 Å². The van der Waals surface area contributed by atoms with Crippen LogP contribution in [0.1, 0.15) is 33.6 Å². The van der Waals surface area contributed by atoms with E-state index in [0.29, 0.717) is 12.8 Å². The number of amides is 1. The van der Waals surface area contributed by atoms with E-state index >= 15 is 0 Å². The van der Waals surface area contributed by atoms with Gasteiger partial charge in [0.1, 0.15) is 0 Å². The molecule has 0 fully saturated rings. The molecule has 0 saturated carbocycles. The molecule has 0 spiro atoms. The van der Waals surface area contributed by atoms with E-state index < -0.39 is 15.6 Å². The molecule has 0 rings (SSSR count). The van der Waals surface area contributed by atoms with Crippen molar-refractivity contribution in [1.29, 1.82) is 0 Å². The van der Waals surface area contributed by atoms with Gasteiger partial charge in [-0.1, -0.05) is 0 Å². The van der Waals surface area contributed by atoms with Crippen LogP contribution in [-0.4, -0.2) is 38.7 Å². The molecule has 0 heterocycles. The van der Waals surface area contributed by atoms with Gasteiger partial charge < -0.3 is 11.1 Å². The summed E-state index contributed by atoms with van der Waals surface area (Å²) in [6.45, 7) is 5.50. The lowest BCUT2D eigenvalue weighted by atomic mass is 10.1. The van der Waals surface area contributed by atoms with E-state index in [9.17, 15) is 13.2 Å². The number of sulfonamides is 1. The van der Waals surface area contributed by atoms with Gasteiger partial charge in [-0.25, -0.2) is 13.1 Å². The third kappa shape index (κ3) is 10.2. The second-order valence-corrected chi connectivity index (χ2v) is 6.80. The van der Waals surface area contributed by atoms with E-state index in [4.69, 9.17) is 5.73 Å². The van der Waals surface area contributed by atoms with Crippen molar-refractivity contribution in [1.82, 2.24) is 10.0 Å². The molecule has 0 aliphatic rings. The highest BCUT2D eigenvalue weighted by molar-refractivity contribution is 7.88. The summed E-state index contributed by atoms with van der Waals surface area (Å²) in [7, 11) is -3.28. The quantitative estimate of drug-likeness (QED) is 0.580. The normalized spacial score (nSPS) is 14.4. The highest BCUT2D eigenvalue weighted by Crippen LogP contribution is 2.02. The summed E-state index contributed by atoms with van der Waals surface area (Å²) in [4.78, 5) is 11.4. The monoisotopic (exact) mass is 265 g/mol. The SMILES string of the molecule is CC(N)CCC(=O)NCC(C)(C)NS(C)(=O)=O. The molecule has 0 bridgehead atoms. The van der Waals surface area contributed by atoms with Crippen molar-refractivity contribution in [3.8, 4) is 0 Å². The number of nitrogens with two attached hydrogens (primary N) is 1. The van der Waals surface area contributed by atoms with Crippen LogP contribution in [0.4, 0.5) is 0 Å². The molecular formula is C10H23N3O3S.